The minimum absolute atomic E-state index is 0. The largest absolute Gasteiger partial charge is 0.494 e. The summed E-state index contributed by atoms with van der Waals surface area (Å²) in [6, 6.07) is 7.24. The molecule has 152 valence electrons. The van der Waals surface area contributed by atoms with Crippen molar-refractivity contribution in [3.05, 3.63) is 24.3 Å². The lowest BCUT2D eigenvalue weighted by atomic mass is 10.0. The molecule has 1 atom stereocenters. The first kappa shape index (κ1) is 23.0. The lowest BCUT2D eigenvalue weighted by Gasteiger charge is -2.35. The van der Waals surface area contributed by atoms with Gasteiger partial charge >= 0.3 is 0 Å². The van der Waals surface area contributed by atoms with Crippen LogP contribution in [0.4, 0.5) is 0 Å². The van der Waals surface area contributed by atoms with Crippen molar-refractivity contribution in [2.24, 2.45) is 5.73 Å². The van der Waals surface area contributed by atoms with Gasteiger partial charge < -0.3 is 25.4 Å². The van der Waals surface area contributed by atoms with Gasteiger partial charge in [-0.3, -0.25) is 9.59 Å². The van der Waals surface area contributed by atoms with Gasteiger partial charge in [-0.1, -0.05) is 0 Å². The third-order valence-electron chi connectivity index (χ3n) is 4.35. The Morgan fingerprint density at radius 3 is 2.48 bits per heavy atom. The molecule has 1 aliphatic rings. The quantitative estimate of drug-likeness (QED) is 0.659. The molecular formula is C19H30ClN3O4. The van der Waals surface area contributed by atoms with Crippen LogP contribution in [0.5, 0.6) is 11.5 Å². The minimum Gasteiger partial charge on any atom is -0.494 e. The van der Waals surface area contributed by atoms with Crippen LogP contribution in [0.1, 0.15) is 32.6 Å². The fourth-order valence-electron chi connectivity index (χ4n) is 3.02. The Kier molecular flexibility index (Phi) is 10.6. The SMILES string of the molecule is CCOc1ccc(OCC(=O)N2CCCCC2CNC(=O)CCN)cc1.Cl. The molecule has 8 heteroatoms. The highest BCUT2D eigenvalue weighted by molar-refractivity contribution is 5.85. The van der Waals surface area contributed by atoms with Crippen LogP contribution in [0.15, 0.2) is 24.3 Å². The van der Waals surface area contributed by atoms with Crippen molar-refractivity contribution in [3.63, 3.8) is 0 Å². The molecule has 0 bridgehead atoms. The summed E-state index contributed by atoms with van der Waals surface area (Å²) >= 11 is 0. The van der Waals surface area contributed by atoms with Crippen molar-refractivity contribution in [3.8, 4) is 11.5 Å². The zero-order valence-electron chi connectivity index (χ0n) is 15.8. The number of halogens is 1. The van der Waals surface area contributed by atoms with E-state index in [2.05, 4.69) is 5.32 Å². The summed E-state index contributed by atoms with van der Waals surface area (Å²) < 4.78 is 11.0. The van der Waals surface area contributed by atoms with E-state index in [-0.39, 0.29) is 36.9 Å². The molecule has 27 heavy (non-hydrogen) atoms. The van der Waals surface area contributed by atoms with E-state index in [1.165, 1.54) is 0 Å². The highest BCUT2D eigenvalue weighted by Gasteiger charge is 2.27. The fraction of sp³-hybridized carbons (Fsp3) is 0.579. The number of carbonyl (C=O) groups excluding carboxylic acids is 2. The van der Waals surface area contributed by atoms with Gasteiger partial charge in [-0.05, 0) is 50.5 Å². The van der Waals surface area contributed by atoms with Crippen LogP contribution < -0.4 is 20.5 Å². The van der Waals surface area contributed by atoms with E-state index in [1.807, 2.05) is 24.0 Å². The summed E-state index contributed by atoms with van der Waals surface area (Å²) in [6.45, 7) is 4.01. The number of nitrogens with two attached hydrogens (primary N) is 1. The van der Waals surface area contributed by atoms with Gasteiger partial charge in [0.2, 0.25) is 5.91 Å². The predicted molar refractivity (Wildman–Crippen MR) is 106 cm³/mol. The van der Waals surface area contributed by atoms with Crippen molar-refractivity contribution >= 4 is 24.2 Å². The van der Waals surface area contributed by atoms with Gasteiger partial charge in [0.15, 0.2) is 6.61 Å². The monoisotopic (exact) mass is 399 g/mol. The topological polar surface area (TPSA) is 93.9 Å². The first-order valence-electron chi connectivity index (χ1n) is 9.26. The van der Waals surface area contributed by atoms with E-state index in [0.717, 1.165) is 25.0 Å². The van der Waals surface area contributed by atoms with Gasteiger partial charge in [-0.15, -0.1) is 12.4 Å². The Balaban J connectivity index is 0.00000364. The normalized spacial score (nSPS) is 16.2. The molecule has 7 nitrogen and oxygen atoms in total. The van der Waals surface area contributed by atoms with Crippen molar-refractivity contribution < 1.29 is 19.1 Å². The second-order valence-corrected chi connectivity index (χ2v) is 6.27. The first-order valence-corrected chi connectivity index (χ1v) is 9.26. The van der Waals surface area contributed by atoms with Crippen molar-refractivity contribution in [2.75, 3.05) is 32.8 Å². The minimum atomic E-state index is -0.0730. The number of rotatable bonds is 9. The molecule has 1 fully saturated rings. The molecule has 1 aromatic carbocycles. The van der Waals surface area contributed by atoms with Gasteiger partial charge in [0.1, 0.15) is 11.5 Å². The van der Waals surface area contributed by atoms with Gasteiger partial charge in [-0.2, -0.15) is 0 Å². The molecule has 2 amide bonds. The molecule has 1 heterocycles. The van der Waals surface area contributed by atoms with Crippen molar-refractivity contribution in [1.29, 1.82) is 0 Å². The highest BCUT2D eigenvalue weighted by atomic mass is 35.5. The van der Waals surface area contributed by atoms with E-state index in [0.29, 0.717) is 38.4 Å². The van der Waals surface area contributed by atoms with Crippen LogP contribution in [0, 0.1) is 0 Å². The fourth-order valence-corrected chi connectivity index (χ4v) is 3.02. The average Bonchev–Trinajstić information content (AvgIpc) is 2.66. The van der Waals surface area contributed by atoms with E-state index < -0.39 is 0 Å². The zero-order valence-corrected chi connectivity index (χ0v) is 16.6. The molecule has 0 saturated carbocycles. The Morgan fingerprint density at radius 1 is 1.19 bits per heavy atom. The van der Waals surface area contributed by atoms with Crippen LogP contribution in [-0.4, -0.2) is 55.6 Å². The molecule has 0 spiro atoms. The number of nitrogens with zero attached hydrogens (tertiary/aromatic N) is 1. The maximum absolute atomic E-state index is 12.6. The third-order valence-corrected chi connectivity index (χ3v) is 4.35. The molecule has 1 saturated heterocycles. The van der Waals surface area contributed by atoms with Crippen LogP contribution in [0.25, 0.3) is 0 Å². The van der Waals surface area contributed by atoms with E-state index in [4.69, 9.17) is 15.2 Å². The second kappa shape index (κ2) is 12.4. The summed E-state index contributed by atoms with van der Waals surface area (Å²) in [6.07, 6.45) is 3.22. The van der Waals surface area contributed by atoms with Crippen LogP contribution in [-0.2, 0) is 9.59 Å². The summed E-state index contributed by atoms with van der Waals surface area (Å²) in [5, 5.41) is 2.86. The molecule has 0 aromatic heterocycles. The standard InChI is InChI=1S/C19H29N3O4.ClH/c1-2-25-16-6-8-17(9-7-16)26-14-19(24)22-12-4-3-5-15(22)13-21-18(23)10-11-20;/h6-9,15H,2-5,10-14,20H2,1H3,(H,21,23);1H. The van der Waals surface area contributed by atoms with E-state index in [1.54, 1.807) is 12.1 Å². The number of amides is 2. The predicted octanol–water partition coefficient (Wildman–Crippen LogP) is 1.73. The number of nitrogens with one attached hydrogen (secondary N) is 1. The maximum Gasteiger partial charge on any atom is 0.260 e. The third kappa shape index (κ3) is 7.64. The van der Waals surface area contributed by atoms with Crippen LogP contribution >= 0.6 is 12.4 Å². The molecule has 0 aliphatic carbocycles. The van der Waals surface area contributed by atoms with E-state index in [9.17, 15) is 9.59 Å². The Labute approximate surface area is 167 Å². The number of hydrogen-bond donors (Lipinski definition) is 2. The van der Waals surface area contributed by atoms with E-state index >= 15 is 0 Å². The van der Waals surface area contributed by atoms with Gasteiger partial charge in [0.25, 0.3) is 5.91 Å². The van der Waals surface area contributed by atoms with Crippen molar-refractivity contribution in [2.45, 2.75) is 38.6 Å². The molecule has 1 aromatic rings. The average molecular weight is 400 g/mol. The smallest absolute Gasteiger partial charge is 0.260 e. The van der Waals surface area contributed by atoms with Gasteiger partial charge in [0.05, 0.1) is 6.61 Å². The lowest BCUT2D eigenvalue weighted by Crippen LogP contribution is -2.50. The number of likely N-dealkylation sites (tertiary alicyclic amines) is 1. The molecular weight excluding hydrogens is 370 g/mol. The Morgan fingerprint density at radius 2 is 1.85 bits per heavy atom. The van der Waals surface area contributed by atoms with Crippen molar-refractivity contribution in [1.82, 2.24) is 10.2 Å². The first-order chi connectivity index (χ1) is 12.6. The lowest BCUT2D eigenvalue weighted by molar-refractivity contribution is -0.137. The summed E-state index contributed by atoms with van der Waals surface area (Å²) in [4.78, 5) is 26.0. The maximum atomic E-state index is 12.6. The molecule has 3 N–H and O–H groups in total. The molecule has 1 unspecified atom stereocenters. The molecule has 0 radical (unpaired) electrons. The second-order valence-electron chi connectivity index (χ2n) is 6.27. The summed E-state index contributed by atoms with van der Waals surface area (Å²) in [7, 11) is 0. The van der Waals surface area contributed by atoms with Gasteiger partial charge in [0, 0.05) is 32.1 Å². The van der Waals surface area contributed by atoms with Crippen LogP contribution in [0.3, 0.4) is 0 Å². The molecule has 2 rings (SSSR count). The highest BCUT2D eigenvalue weighted by Crippen LogP contribution is 2.19. The number of carbonyl (C=O) groups is 2. The number of piperidine rings is 1. The van der Waals surface area contributed by atoms with Crippen LogP contribution in [0.2, 0.25) is 0 Å². The number of ether oxygens (including phenoxy) is 2. The van der Waals surface area contributed by atoms with Gasteiger partial charge in [-0.25, -0.2) is 0 Å². The Bertz CT molecular complexity index is 583. The summed E-state index contributed by atoms with van der Waals surface area (Å²) in [5.74, 6) is 1.27. The molecule has 1 aliphatic heterocycles. The Hall–Kier alpha value is -1.99. The number of hydrogen-bond acceptors (Lipinski definition) is 5. The summed E-state index contributed by atoms with van der Waals surface area (Å²) in [5.41, 5.74) is 5.38. The zero-order chi connectivity index (χ0) is 18.8. The number of benzene rings is 1.